The van der Waals surface area contributed by atoms with Crippen molar-refractivity contribution >= 4 is 17.2 Å². The lowest BCUT2D eigenvalue weighted by Crippen LogP contribution is -2.49. The van der Waals surface area contributed by atoms with Crippen molar-refractivity contribution in [1.29, 1.82) is 0 Å². The van der Waals surface area contributed by atoms with Crippen LogP contribution in [0.3, 0.4) is 0 Å². The normalized spacial score (nSPS) is 23.0. The van der Waals surface area contributed by atoms with E-state index in [-0.39, 0.29) is 5.60 Å². The lowest BCUT2D eigenvalue weighted by molar-refractivity contribution is -0.128. The second-order valence-corrected chi connectivity index (χ2v) is 7.35. The standard InChI is InChI=1S/C15H22N2O3S/c1-10-8-11-13(21-10)2-7-20-15(11)3-5-17(6-4-15)9-12(18)14(16)19/h8,12,18H,2-7,9H2,1H3,(H2,16,19). The zero-order valence-corrected chi connectivity index (χ0v) is 13.1. The van der Waals surface area contributed by atoms with E-state index in [0.29, 0.717) is 6.54 Å². The molecule has 1 saturated heterocycles. The highest BCUT2D eigenvalue weighted by Gasteiger charge is 2.41. The number of nitrogens with two attached hydrogens (primary N) is 1. The van der Waals surface area contributed by atoms with Gasteiger partial charge < -0.3 is 15.6 Å². The molecule has 2 aliphatic rings. The number of carbonyl (C=O) groups excluding carboxylic acids is 1. The number of carbonyl (C=O) groups is 1. The van der Waals surface area contributed by atoms with Crippen LogP contribution < -0.4 is 5.73 Å². The molecule has 1 fully saturated rings. The summed E-state index contributed by atoms with van der Waals surface area (Å²) in [5, 5.41) is 9.60. The molecular weight excluding hydrogens is 288 g/mol. The first-order chi connectivity index (χ1) is 10.00. The molecule has 5 nitrogen and oxygen atoms in total. The van der Waals surface area contributed by atoms with Gasteiger partial charge >= 0.3 is 0 Å². The van der Waals surface area contributed by atoms with Crippen LogP contribution in [-0.2, 0) is 21.6 Å². The van der Waals surface area contributed by atoms with Gasteiger partial charge in [0.2, 0.25) is 5.91 Å². The van der Waals surface area contributed by atoms with Crippen molar-refractivity contribution in [3.8, 4) is 0 Å². The number of nitrogens with zero attached hydrogens (tertiary/aromatic N) is 1. The van der Waals surface area contributed by atoms with Crippen molar-refractivity contribution in [3.63, 3.8) is 0 Å². The van der Waals surface area contributed by atoms with E-state index in [1.165, 1.54) is 15.3 Å². The van der Waals surface area contributed by atoms with E-state index < -0.39 is 12.0 Å². The third-order valence-corrected chi connectivity index (χ3v) is 5.66. The number of β-amino-alcohol motifs (C(OH)–C–C–N with tert-alkyl or cyclic N) is 1. The van der Waals surface area contributed by atoms with Gasteiger partial charge in [-0.25, -0.2) is 0 Å². The van der Waals surface area contributed by atoms with Crippen LogP contribution in [0.4, 0.5) is 0 Å². The molecule has 3 heterocycles. The maximum atomic E-state index is 11.0. The van der Waals surface area contributed by atoms with Gasteiger partial charge in [0.25, 0.3) is 0 Å². The fourth-order valence-corrected chi connectivity index (χ4v) is 4.50. The minimum absolute atomic E-state index is 0.160. The SMILES string of the molecule is Cc1cc2c(s1)CCOC21CCN(CC(O)C(N)=O)CC1. The zero-order valence-electron chi connectivity index (χ0n) is 12.3. The lowest BCUT2D eigenvalue weighted by Gasteiger charge is -2.44. The number of primary amides is 1. The summed E-state index contributed by atoms with van der Waals surface area (Å²) in [6, 6.07) is 2.27. The van der Waals surface area contributed by atoms with Crippen LogP contribution in [-0.4, -0.2) is 48.3 Å². The Balaban J connectivity index is 1.69. The predicted molar refractivity (Wildman–Crippen MR) is 81.3 cm³/mol. The number of fused-ring (bicyclic) bond motifs is 2. The van der Waals surface area contributed by atoms with E-state index in [9.17, 15) is 9.90 Å². The summed E-state index contributed by atoms with van der Waals surface area (Å²) < 4.78 is 6.17. The predicted octanol–water partition coefficient (Wildman–Crippen LogP) is 0.767. The molecule has 6 heteroatoms. The minimum atomic E-state index is -1.08. The lowest BCUT2D eigenvalue weighted by atomic mass is 9.82. The molecule has 1 spiro atoms. The smallest absolute Gasteiger partial charge is 0.247 e. The van der Waals surface area contributed by atoms with Gasteiger partial charge in [-0.2, -0.15) is 0 Å². The van der Waals surface area contributed by atoms with Crippen LogP contribution in [0.1, 0.15) is 28.2 Å². The number of aliphatic hydroxyl groups is 1. The summed E-state index contributed by atoms with van der Waals surface area (Å²) in [5.41, 5.74) is 6.32. The Labute approximate surface area is 128 Å². The Morgan fingerprint density at radius 3 is 2.95 bits per heavy atom. The topological polar surface area (TPSA) is 75.8 Å². The van der Waals surface area contributed by atoms with Gasteiger partial charge in [-0.15, -0.1) is 11.3 Å². The van der Waals surface area contributed by atoms with Gasteiger partial charge in [-0.1, -0.05) is 0 Å². The van der Waals surface area contributed by atoms with Crippen LogP contribution in [0.2, 0.25) is 0 Å². The van der Waals surface area contributed by atoms with Gasteiger partial charge in [0.15, 0.2) is 0 Å². The number of aliphatic hydroxyl groups excluding tert-OH is 1. The number of thiophene rings is 1. The van der Waals surface area contributed by atoms with Crippen molar-refractivity contribution < 1.29 is 14.6 Å². The van der Waals surface area contributed by atoms with Crippen molar-refractivity contribution in [2.45, 2.75) is 37.9 Å². The second-order valence-electron chi connectivity index (χ2n) is 6.01. The Bertz CT molecular complexity index is 535. The molecule has 0 saturated carbocycles. The Hall–Kier alpha value is -0.950. The van der Waals surface area contributed by atoms with Crippen molar-refractivity contribution in [2.75, 3.05) is 26.2 Å². The highest BCUT2D eigenvalue weighted by atomic mass is 32.1. The molecule has 3 rings (SSSR count). The molecule has 1 atom stereocenters. The van der Waals surface area contributed by atoms with E-state index in [4.69, 9.17) is 10.5 Å². The number of amides is 1. The van der Waals surface area contributed by atoms with Crippen LogP contribution in [0.15, 0.2) is 6.07 Å². The molecule has 0 aromatic carbocycles. The molecule has 0 radical (unpaired) electrons. The summed E-state index contributed by atoms with van der Waals surface area (Å²) in [6.07, 6.45) is 1.74. The van der Waals surface area contributed by atoms with E-state index in [0.717, 1.165) is 39.0 Å². The van der Waals surface area contributed by atoms with E-state index in [2.05, 4.69) is 17.9 Å². The maximum absolute atomic E-state index is 11.0. The highest BCUT2D eigenvalue weighted by Crippen LogP contribution is 2.44. The number of piperidine rings is 1. The fourth-order valence-electron chi connectivity index (χ4n) is 3.40. The first-order valence-corrected chi connectivity index (χ1v) is 8.25. The molecule has 1 amide bonds. The van der Waals surface area contributed by atoms with Gasteiger partial charge in [0.05, 0.1) is 12.2 Å². The highest BCUT2D eigenvalue weighted by molar-refractivity contribution is 7.12. The molecule has 1 aromatic heterocycles. The van der Waals surface area contributed by atoms with Crippen LogP contribution in [0.5, 0.6) is 0 Å². The largest absolute Gasteiger partial charge is 0.382 e. The van der Waals surface area contributed by atoms with Gasteiger partial charge in [-0.3, -0.25) is 9.69 Å². The van der Waals surface area contributed by atoms with Gasteiger partial charge in [0.1, 0.15) is 6.10 Å². The second kappa shape index (κ2) is 5.68. The summed E-state index contributed by atoms with van der Waals surface area (Å²) in [4.78, 5) is 15.9. The van der Waals surface area contributed by atoms with Crippen LogP contribution >= 0.6 is 11.3 Å². The van der Waals surface area contributed by atoms with Gasteiger partial charge in [-0.05, 0) is 31.4 Å². The Kier molecular flexibility index (Phi) is 4.05. The van der Waals surface area contributed by atoms with Crippen LogP contribution in [0, 0.1) is 6.92 Å². The minimum Gasteiger partial charge on any atom is -0.382 e. The quantitative estimate of drug-likeness (QED) is 0.864. The number of ether oxygens (including phenoxy) is 1. The monoisotopic (exact) mass is 310 g/mol. The fraction of sp³-hybridized carbons (Fsp3) is 0.667. The molecule has 2 aliphatic heterocycles. The van der Waals surface area contributed by atoms with E-state index >= 15 is 0 Å². The molecule has 21 heavy (non-hydrogen) atoms. The molecule has 1 aromatic rings. The number of aryl methyl sites for hydroxylation is 1. The van der Waals surface area contributed by atoms with Crippen molar-refractivity contribution in [3.05, 3.63) is 21.4 Å². The van der Waals surface area contributed by atoms with Crippen molar-refractivity contribution in [2.24, 2.45) is 5.73 Å². The number of hydrogen-bond donors (Lipinski definition) is 2. The first-order valence-electron chi connectivity index (χ1n) is 7.44. The summed E-state index contributed by atoms with van der Waals surface area (Å²) in [6.45, 7) is 4.89. The Morgan fingerprint density at radius 1 is 1.57 bits per heavy atom. The third kappa shape index (κ3) is 2.85. The summed E-state index contributed by atoms with van der Waals surface area (Å²) in [5.74, 6) is -0.653. The number of rotatable bonds is 3. The van der Waals surface area contributed by atoms with Crippen LogP contribution in [0.25, 0.3) is 0 Å². The third-order valence-electron chi connectivity index (χ3n) is 4.55. The summed E-state index contributed by atoms with van der Waals surface area (Å²) >= 11 is 1.88. The number of likely N-dealkylation sites (tertiary alicyclic amines) is 1. The molecule has 116 valence electrons. The molecule has 0 aliphatic carbocycles. The van der Waals surface area contributed by atoms with E-state index in [1.54, 1.807) is 0 Å². The van der Waals surface area contributed by atoms with E-state index in [1.807, 2.05) is 11.3 Å². The average Bonchev–Trinajstić information content (AvgIpc) is 2.83. The maximum Gasteiger partial charge on any atom is 0.247 e. The first kappa shape index (κ1) is 15.0. The average molecular weight is 310 g/mol. The molecule has 1 unspecified atom stereocenters. The Morgan fingerprint density at radius 2 is 2.29 bits per heavy atom. The summed E-state index contributed by atoms with van der Waals surface area (Å²) in [7, 11) is 0. The van der Waals surface area contributed by atoms with Gasteiger partial charge in [0, 0.05) is 35.8 Å². The van der Waals surface area contributed by atoms with Crippen molar-refractivity contribution in [1.82, 2.24) is 4.90 Å². The molecular formula is C15H22N2O3S. The number of hydrogen-bond acceptors (Lipinski definition) is 5. The zero-order chi connectivity index (χ0) is 15.0. The molecule has 0 bridgehead atoms. The molecule has 3 N–H and O–H groups in total.